The summed E-state index contributed by atoms with van der Waals surface area (Å²) in [4.78, 5) is 26.7. The predicted octanol–water partition coefficient (Wildman–Crippen LogP) is 4.22. The van der Waals surface area contributed by atoms with E-state index in [-0.39, 0.29) is 16.6 Å². The highest BCUT2D eigenvalue weighted by atomic mass is 35.5. The maximum absolute atomic E-state index is 12.1. The summed E-state index contributed by atoms with van der Waals surface area (Å²) in [6.45, 7) is 5.60. The summed E-state index contributed by atoms with van der Waals surface area (Å²) in [5, 5.41) is 13.7. The maximum atomic E-state index is 12.1. The molecule has 0 unspecified atom stereocenters. The van der Waals surface area contributed by atoms with E-state index in [0.717, 1.165) is 17.0 Å². The van der Waals surface area contributed by atoms with Gasteiger partial charge in [-0.05, 0) is 50.1 Å². The fourth-order valence-electron chi connectivity index (χ4n) is 2.32. The lowest BCUT2D eigenvalue weighted by Gasteiger charge is -2.10. The van der Waals surface area contributed by atoms with Crippen LogP contribution in [0.15, 0.2) is 30.3 Å². The number of anilines is 1. The number of carbonyl (C=O) groups excluding carboxylic acids is 1. The monoisotopic (exact) mass is 345 g/mol. The zero-order valence-electron chi connectivity index (χ0n) is 13.5. The van der Waals surface area contributed by atoms with Crippen LogP contribution in [0.1, 0.15) is 22.5 Å². The first-order valence-corrected chi connectivity index (χ1v) is 7.53. The number of nitrogens with zero attached hydrogens (tertiary/aromatic N) is 2. The number of benzene rings is 1. The number of hydrogen-bond acceptors (Lipinski definition) is 4. The summed E-state index contributed by atoms with van der Waals surface area (Å²) in [6, 6.07) is 6.23. The molecule has 1 heterocycles. The molecule has 0 aliphatic carbocycles. The standard InChI is InChI=1S/C17H16ClN3O3/c1-10-8-11(2)19-12(3)17(10)20-16(22)7-5-13-4-6-14(18)15(9-13)21(23)24/h4-9H,1-3H3,(H,20,22)/b7-5+. The Labute approximate surface area is 144 Å². The van der Waals surface area contributed by atoms with Crippen molar-refractivity contribution in [3.05, 3.63) is 68.0 Å². The van der Waals surface area contributed by atoms with Gasteiger partial charge in [-0.25, -0.2) is 0 Å². The third-order valence-electron chi connectivity index (χ3n) is 3.37. The normalized spacial score (nSPS) is 10.8. The van der Waals surface area contributed by atoms with Gasteiger partial charge in [0.2, 0.25) is 5.91 Å². The fourth-order valence-corrected chi connectivity index (χ4v) is 2.51. The average molecular weight is 346 g/mol. The molecule has 0 bridgehead atoms. The molecule has 7 heteroatoms. The van der Waals surface area contributed by atoms with Crippen molar-refractivity contribution in [2.75, 3.05) is 5.32 Å². The molecule has 0 aliphatic rings. The van der Waals surface area contributed by atoms with E-state index in [1.807, 2.05) is 26.8 Å². The molecule has 124 valence electrons. The first-order chi connectivity index (χ1) is 11.3. The van der Waals surface area contributed by atoms with Crippen LogP contribution in [0.2, 0.25) is 5.02 Å². The number of amides is 1. The van der Waals surface area contributed by atoms with Gasteiger partial charge in [0.15, 0.2) is 0 Å². The van der Waals surface area contributed by atoms with Crippen molar-refractivity contribution in [2.45, 2.75) is 20.8 Å². The number of rotatable bonds is 4. The topological polar surface area (TPSA) is 85.1 Å². The summed E-state index contributed by atoms with van der Waals surface area (Å²) in [7, 11) is 0. The molecular formula is C17H16ClN3O3. The second kappa shape index (κ2) is 7.23. The lowest BCUT2D eigenvalue weighted by Crippen LogP contribution is -2.11. The maximum Gasteiger partial charge on any atom is 0.288 e. The molecule has 0 atom stereocenters. The summed E-state index contributed by atoms with van der Waals surface area (Å²) in [5.41, 5.74) is 3.51. The van der Waals surface area contributed by atoms with Gasteiger partial charge in [-0.3, -0.25) is 19.9 Å². The molecule has 2 aromatic rings. The number of nitrogens with one attached hydrogen (secondary N) is 1. The van der Waals surface area contributed by atoms with Crippen LogP contribution >= 0.6 is 11.6 Å². The van der Waals surface area contributed by atoms with E-state index in [4.69, 9.17) is 11.6 Å². The van der Waals surface area contributed by atoms with Crippen LogP contribution in [0.5, 0.6) is 0 Å². The lowest BCUT2D eigenvalue weighted by molar-refractivity contribution is -0.384. The highest BCUT2D eigenvalue weighted by Gasteiger charge is 2.12. The molecule has 0 spiro atoms. The minimum Gasteiger partial charge on any atom is -0.321 e. The predicted molar refractivity (Wildman–Crippen MR) is 94.2 cm³/mol. The smallest absolute Gasteiger partial charge is 0.288 e. The molecule has 2 rings (SSSR count). The Morgan fingerprint density at radius 2 is 2.00 bits per heavy atom. The minimum absolute atomic E-state index is 0.0542. The summed E-state index contributed by atoms with van der Waals surface area (Å²) >= 11 is 5.76. The zero-order valence-corrected chi connectivity index (χ0v) is 14.2. The first-order valence-electron chi connectivity index (χ1n) is 7.16. The molecule has 0 saturated carbocycles. The summed E-state index contributed by atoms with van der Waals surface area (Å²) < 4.78 is 0. The Hall–Kier alpha value is -2.73. The third-order valence-corrected chi connectivity index (χ3v) is 3.69. The van der Waals surface area contributed by atoms with E-state index in [1.165, 1.54) is 24.3 Å². The van der Waals surface area contributed by atoms with Gasteiger partial charge in [0.1, 0.15) is 5.02 Å². The van der Waals surface area contributed by atoms with Crippen LogP contribution in [0.4, 0.5) is 11.4 Å². The molecular weight excluding hydrogens is 330 g/mol. The van der Waals surface area contributed by atoms with E-state index in [1.54, 1.807) is 6.07 Å². The van der Waals surface area contributed by atoms with Crippen LogP contribution < -0.4 is 5.32 Å². The van der Waals surface area contributed by atoms with Crippen LogP contribution in [0.25, 0.3) is 6.08 Å². The van der Waals surface area contributed by atoms with Gasteiger partial charge in [-0.2, -0.15) is 0 Å². The molecule has 0 fully saturated rings. The van der Waals surface area contributed by atoms with Gasteiger partial charge in [-0.1, -0.05) is 17.7 Å². The van der Waals surface area contributed by atoms with E-state index in [0.29, 0.717) is 11.3 Å². The Balaban J connectivity index is 2.17. The van der Waals surface area contributed by atoms with Crippen LogP contribution in [-0.4, -0.2) is 15.8 Å². The van der Waals surface area contributed by atoms with E-state index in [9.17, 15) is 14.9 Å². The van der Waals surface area contributed by atoms with Gasteiger partial charge in [0.25, 0.3) is 5.69 Å². The van der Waals surface area contributed by atoms with Crippen LogP contribution in [-0.2, 0) is 4.79 Å². The quantitative estimate of drug-likeness (QED) is 0.510. The number of carbonyl (C=O) groups is 1. The summed E-state index contributed by atoms with van der Waals surface area (Å²) in [6.07, 6.45) is 2.80. The molecule has 1 amide bonds. The fraction of sp³-hybridized carbons (Fsp3) is 0.176. The van der Waals surface area contributed by atoms with E-state index < -0.39 is 4.92 Å². The van der Waals surface area contributed by atoms with E-state index in [2.05, 4.69) is 10.3 Å². The van der Waals surface area contributed by atoms with Crippen molar-refractivity contribution in [3.8, 4) is 0 Å². The van der Waals surface area contributed by atoms with Crippen molar-refractivity contribution in [3.63, 3.8) is 0 Å². The number of aryl methyl sites for hydroxylation is 3. The van der Waals surface area contributed by atoms with Gasteiger partial charge < -0.3 is 5.32 Å². The number of pyridine rings is 1. The number of aromatic nitrogens is 1. The number of hydrogen-bond donors (Lipinski definition) is 1. The minimum atomic E-state index is -0.565. The zero-order chi connectivity index (χ0) is 17.9. The molecule has 1 aromatic heterocycles. The van der Waals surface area contributed by atoms with E-state index >= 15 is 0 Å². The second-order valence-corrected chi connectivity index (χ2v) is 5.74. The molecule has 0 saturated heterocycles. The number of nitro benzene ring substituents is 1. The molecule has 0 radical (unpaired) electrons. The molecule has 24 heavy (non-hydrogen) atoms. The first kappa shape index (κ1) is 17.6. The molecule has 6 nitrogen and oxygen atoms in total. The Morgan fingerprint density at radius 3 is 2.62 bits per heavy atom. The van der Waals surface area contributed by atoms with Crippen molar-refractivity contribution < 1.29 is 9.72 Å². The average Bonchev–Trinajstić information content (AvgIpc) is 2.49. The SMILES string of the molecule is Cc1cc(C)c(NC(=O)/C=C/c2ccc(Cl)c([N+](=O)[O-])c2)c(C)n1. The molecule has 1 aromatic carbocycles. The lowest BCUT2D eigenvalue weighted by atomic mass is 10.1. The van der Waals surface area contributed by atoms with Crippen LogP contribution in [0, 0.1) is 30.9 Å². The highest BCUT2D eigenvalue weighted by molar-refractivity contribution is 6.32. The van der Waals surface area contributed by atoms with Gasteiger partial charge in [-0.15, -0.1) is 0 Å². The van der Waals surface area contributed by atoms with Crippen molar-refractivity contribution >= 4 is 35.0 Å². The molecule has 0 aliphatic heterocycles. The van der Waals surface area contributed by atoms with Gasteiger partial charge >= 0.3 is 0 Å². The molecule has 1 N–H and O–H groups in total. The van der Waals surface area contributed by atoms with Gasteiger partial charge in [0, 0.05) is 17.8 Å². The van der Waals surface area contributed by atoms with Gasteiger partial charge in [0.05, 0.1) is 16.3 Å². The Bertz CT molecular complexity index is 824. The van der Waals surface area contributed by atoms with Crippen molar-refractivity contribution in [1.82, 2.24) is 4.98 Å². The Morgan fingerprint density at radius 1 is 1.29 bits per heavy atom. The third kappa shape index (κ3) is 4.17. The number of halogens is 1. The van der Waals surface area contributed by atoms with Crippen molar-refractivity contribution in [2.24, 2.45) is 0 Å². The van der Waals surface area contributed by atoms with Crippen LogP contribution in [0.3, 0.4) is 0 Å². The summed E-state index contributed by atoms with van der Waals surface area (Å²) in [5.74, 6) is -0.343. The largest absolute Gasteiger partial charge is 0.321 e. The number of nitro groups is 1. The second-order valence-electron chi connectivity index (χ2n) is 5.33. The highest BCUT2D eigenvalue weighted by Crippen LogP contribution is 2.25. The Kier molecular flexibility index (Phi) is 5.31. The van der Waals surface area contributed by atoms with Crippen molar-refractivity contribution in [1.29, 1.82) is 0 Å².